The van der Waals surface area contributed by atoms with Crippen LogP contribution in [0, 0.1) is 17.8 Å². The van der Waals surface area contributed by atoms with Crippen LogP contribution in [-0.4, -0.2) is 49.0 Å². The molecule has 1 aromatic carbocycles. The van der Waals surface area contributed by atoms with Crippen molar-refractivity contribution in [3.05, 3.63) is 42.0 Å². The maximum Gasteiger partial charge on any atom is 0.324 e. The summed E-state index contributed by atoms with van der Waals surface area (Å²) < 4.78 is 5.14. The van der Waals surface area contributed by atoms with Crippen molar-refractivity contribution in [1.82, 2.24) is 15.5 Å². The molecule has 0 radical (unpaired) electrons. The summed E-state index contributed by atoms with van der Waals surface area (Å²) in [5.74, 6) is 2.28. The zero-order chi connectivity index (χ0) is 21.1. The lowest BCUT2D eigenvalue weighted by molar-refractivity contribution is -0.127. The molecule has 7 nitrogen and oxygen atoms in total. The van der Waals surface area contributed by atoms with Crippen LogP contribution in [-0.2, 0) is 16.0 Å². The van der Waals surface area contributed by atoms with Crippen LogP contribution in [0.25, 0.3) is 0 Å². The zero-order valence-corrected chi connectivity index (χ0v) is 17.3. The Bertz CT molecular complexity index is 835. The molecule has 0 aromatic heterocycles. The lowest BCUT2D eigenvalue weighted by Crippen LogP contribution is -2.35. The van der Waals surface area contributed by atoms with E-state index in [2.05, 4.69) is 22.8 Å². The van der Waals surface area contributed by atoms with Gasteiger partial charge < -0.3 is 15.4 Å². The van der Waals surface area contributed by atoms with Gasteiger partial charge in [-0.3, -0.25) is 14.5 Å². The van der Waals surface area contributed by atoms with Gasteiger partial charge in [0.2, 0.25) is 5.91 Å². The van der Waals surface area contributed by atoms with Crippen molar-refractivity contribution < 1.29 is 19.1 Å². The second-order valence-corrected chi connectivity index (χ2v) is 8.47. The number of allylic oxidation sites excluding steroid dienone is 2. The Balaban J connectivity index is 1.19. The van der Waals surface area contributed by atoms with Crippen LogP contribution in [0.1, 0.15) is 31.2 Å². The Kier molecular flexibility index (Phi) is 6.06. The molecule has 2 fully saturated rings. The van der Waals surface area contributed by atoms with Crippen molar-refractivity contribution in [3.8, 4) is 5.75 Å². The molecule has 30 heavy (non-hydrogen) atoms. The van der Waals surface area contributed by atoms with E-state index < -0.39 is 6.04 Å². The van der Waals surface area contributed by atoms with Gasteiger partial charge in [-0.05, 0) is 61.1 Å². The molecular formula is C23H29N3O4. The van der Waals surface area contributed by atoms with E-state index in [1.807, 2.05) is 24.3 Å². The maximum absolute atomic E-state index is 12.6. The monoisotopic (exact) mass is 411 g/mol. The molecule has 2 N–H and O–H groups in total. The van der Waals surface area contributed by atoms with E-state index in [0.29, 0.717) is 43.7 Å². The van der Waals surface area contributed by atoms with Crippen LogP contribution in [0.3, 0.4) is 0 Å². The molecular weight excluding hydrogens is 382 g/mol. The van der Waals surface area contributed by atoms with Crippen molar-refractivity contribution in [1.29, 1.82) is 0 Å². The first kappa shape index (κ1) is 20.4. The summed E-state index contributed by atoms with van der Waals surface area (Å²) in [4.78, 5) is 38.3. The molecule has 7 heteroatoms. The summed E-state index contributed by atoms with van der Waals surface area (Å²) in [6.45, 7) is 1.01. The first-order valence-corrected chi connectivity index (χ1v) is 10.7. The average Bonchev–Trinajstić information content (AvgIpc) is 3.45. The number of hydrogen-bond acceptors (Lipinski definition) is 4. The van der Waals surface area contributed by atoms with Gasteiger partial charge in [0.1, 0.15) is 11.8 Å². The second kappa shape index (κ2) is 8.90. The van der Waals surface area contributed by atoms with E-state index in [1.54, 1.807) is 7.11 Å². The summed E-state index contributed by atoms with van der Waals surface area (Å²) in [7, 11) is 1.61. The number of imide groups is 1. The van der Waals surface area contributed by atoms with Crippen molar-refractivity contribution in [2.45, 2.75) is 38.1 Å². The van der Waals surface area contributed by atoms with Gasteiger partial charge in [0.25, 0.3) is 5.91 Å². The van der Waals surface area contributed by atoms with Gasteiger partial charge in [-0.2, -0.15) is 0 Å². The quantitative estimate of drug-likeness (QED) is 0.482. The fourth-order valence-corrected chi connectivity index (χ4v) is 4.76. The third kappa shape index (κ3) is 4.50. The fraction of sp³-hybridized carbons (Fsp3) is 0.522. The molecule has 2 aliphatic carbocycles. The molecule has 1 saturated heterocycles. The number of methoxy groups -OCH3 is 1. The predicted molar refractivity (Wildman–Crippen MR) is 112 cm³/mol. The molecule has 0 unspecified atom stereocenters. The van der Waals surface area contributed by atoms with Gasteiger partial charge in [0.05, 0.1) is 7.11 Å². The minimum absolute atomic E-state index is 0.0551. The number of carbonyl (C=O) groups excluding carboxylic acids is 3. The topological polar surface area (TPSA) is 87.7 Å². The number of amides is 4. The third-order valence-corrected chi connectivity index (χ3v) is 6.53. The van der Waals surface area contributed by atoms with Crippen molar-refractivity contribution in [3.63, 3.8) is 0 Å². The normalized spacial score (nSPS) is 26.9. The molecule has 1 saturated carbocycles. The Morgan fingerprint density at radius 3 is 2.67 bits per heavy atom. The number of urea groups is 1. The number of hydrogen-bond donors (Lipinski definition) is 2. The standard InChI is InChI=1S/C23H29N3O4/c1-30-19-6-3-15(4-7-19)10-11-26-22(28)20(25-23(26)29)8-9-21(27)24-14-18-13-16-2-5-17(18)12-16/h2-7,16-18,20H,8-14H2,1H3,(H,24,27)(H,25,29)/t16-,17-,18+,20+/m0/s1. The number of ether oxygens (including phenoxy) is 1. The molecule has 0 spiro atoms. The van der Waals surface area contributed by atoms with Crippen LogP contribution in [0.15, 0.2) is 36.4 Å². The number of rotatable bonds is 9. The minimum atomic E-state index is -0.621. The highest BCUT2D eigenvalue weighted by atomic mass is 16.5. The first-order chi connectivity index (χ1) is 14.5. The Hall–Kier alpha value is -2.83. The van der Waals surface area contributed by atoms with Gasteiger partial charge in [-0.25, -0.2) is 4.79 Å². The summed E-state index contributed by atoms with van der Waals surface area (Å²) in [6.07, 6.45) is 8.08. The summed E-state index contributed by atoms with van der Waals surface area (Å²) >= 11 is 0. The second-order valence-electron chi connectivity index (χ2n) is 8.47. The zero-order valence-electron chi connectivity index (χ0n) is 17.3. The predicted octanol–water partition coefficient (Wildman–Crippen LogP) is 2.27. The SMILES string of the molecule is COc1ccc(CCN2C(=O)N[C@H](CCC(=O)NC[C@H]3C[C@H]4C=C[C@H]3C4)C2=O)cc1. The number of carbonyl (C=O) groups is 3. The molecule has 1 aromatic rings. The molecule has 1 heterocycles. The van der Waals surface area contributed by atoms with E-state index in [0.717, 1.165) is 17.7 Å². The van der Waals surface area contributed by atoms with Crippen molar-refractivity contribution in [2.75, 3.05) is 20.2 Å². The molecule has 160 valence electrons. The highest BCUT2D eigenvalue weighted by molar-refractivity contribution is 6.04. The molecule has 4 atom stereocenters. The lowest BCUT2D eigenvalue weighted by atomic mass is 9.93. The summed E-state index contributed by atoms with van der Waals surface area (Å²) in [5, 5.41) is 5.72. The largest absolute Gasteiger partial charge is 0.497 e. The third-order valence-electron chi connectivity index (χ3n) is 6.53. The van der Waals surface area contributed by atoms with Crippen LogP contribution < -0.4 is 15.4 Å². The maximum atomic E-state index is 12.6. The smallest absolute Gasteiger partial charge is 0.324 e. The van der Waals surface area contributed by atoms with Crippen LogP contribution >= 0.6 is 0 Å². The average molecular weight is 412 g/mol. The first-order valence-electron chi connectivity index (χ1n) is 10.7. The number of nitrogens with zero attached hydrogens (tertiary/aromatic N) is 1. The van der Waals surface area contributed by atoms with Crippen molar-refractivity contribution >= 4 is 17.8 Å². The van der Waals surface area contributed by atoms with Gasteiger partial charge in [-0.1, -0.05) is 24.3 Å². The number of fused-ring (bicyclic) bond motifs is 2. The van der Waals surface area contributed by atoms with E-state index in [1.165, 1.54) is 11.3 Å². The van der Waals surface area contributed by atoms with Gasteiger partial charge in [-0.15, -0.1) is 0 Å². The van der Waals surface area contributed by atoms with Crippen LogP contribution in [0.4, 0.5) is 4.79 Å². The molecule has 4 rings (SSSR count). The van der Waals surface area contributed by atoms with Crippen LogP contribution in [0.5, 0.6) is 5.75 Å². The van der Waals surface area contributed by atoms with Gasteiger partial charge in [0.15, 0.2) is 0 Å². The molecule has 4 amide bonds. The lowest BCUT2D eigenvalue weighted by Gasteiger charge is -2.18. The molecule has 3 aliphatic rings. The van der Waals surface area contributed by atoms with E-state index >= 15 is 0 Å². The van der Waals surface area contributed by atoms with E-state index in [9.17, 15) is 14.4 Å². The Morgan fingerprint density at radius 2 is 2.00 bits per heavy atom. The summed E-state index contributed by atoms with van der Waals surface area (Å²) in [6, 6.07) is 6.55. The van der Waals surface area contributed by atoms with E-state index in [4.69, 9.17) is 4.74 Å². The highest BCUT2D eigenvalue weighted by Gasteiger charge is 2.38. The van der Waals surface area contributed by atoms with Crippen molar-refractivity contribution in [2.24, 2.45) is 17.8 Å². The Labute approximate surface area is 176 Å². The molecule has 2 bridgehead atoms. The fourth-order valence-electron chi connectivity index (χ4n) is 4.76. The number of nitrogens with one attached hydrogen (secondary N) is 2. The minimum Gasteiger partial charge on any atom is -0.497 e. The molecule has 1 aliphatic heterocycles. The van der Waals surface area contributed by atoms with Gasteiger partial charge >= 0.3 is 6.03 Å². The van der Waals surface area contributed by atoms with E-state index in [-0.39, 0.29) is 24.3 Å². The number of benzene rings is 1. The summed E-state index contributed by atoms with van der Waals surface area (Å²) in [5.41, 5.74) is 1.02. The highest BCUT2D eigenvalue weighted by Crippen LogP contribution is 2.42. The van der Waals surface area contributed by atoms with Crippen LogP contribution in [0.2, 0.25) is 0 Å². The van der Waals surface area contributed by atoms with Gasteiger partial charge in [0, 0.05) is 19.5 Å². The Morgan fingerprint density at radius 1 is 1.20 bits per heavy atom.